The second-order valence-electron chi connectivity index (χ2n) is 6.30. The van der Waals surface area contributed by atoms with Crippen molar-refractivity contribution >= 4 is 50.9 Å². The summed E-state index contributed by atoms with van der Waals surface area (Å²) in [4.78, 5) is 36.0. The van der Waals surface area contributed by atoms with E-state index in [1.807, 2.05) is 6.07 Å². The second kappa shape index (κ2) is 9.56. The monoisotopic (exact) mass is 478 g/mol. The van der Waals surface area contributed by atoms with Crippen LogP contribution in [0.15, 0.2) is 71.2 Å². The first kappa shape index (κ1) is 21.5. The lowest BCUT2D eigenvalue weighted by molar-refractivity contribution is 0.0698. The van der Waals surface area contributed by atoms with Crippen molar-refractivity contribution in [2.75, 3.05) is 16.0 Å². The highest BCUT2D eigenvalue weighted by Crippen LogP contribution is 2.22. The van der Waals surface area contributed by atoms with E-state index in [9.17, 15) is 19.5 Å². The van der Waals surface area contributed by atoms with E-state index in [0.29, 0.717) is 21.4 Å². The van der Waals surface area contributed by atoms with Crippen LogP contribution in [-0.2, 0) is 0 Å². The number of anilines is 3. The number of carbonyl (C=O) groups is 3. The van der Waals surface area contributed by atoms with E-state index in [1.54, 1.807) is 42.5 Å². The number of nitrogens with zero attached hydrogens (tertiary/aromatic N) is 1. The number of nitrogens with one attached hydrogen (secondary N) is 3. The van der Waals surface area contributed by atoms with Gasteiger partial charge in [0.05, 0.1) is 22.9 Å². The third-order valence-corrected chi connectivity index (χ3v) is 4.61. The maximum Gasteiger partial charge on any atom is 0.337 e. The minimum absolute atomic E-state index is 0.0434. The molecule has 3 rings (SSSR count). The summed E-state index contributed by atoms with van der Waals surface area (Å²) in [5.41, 5.74) is 1.74. The van der Waals surface area contributed by atoms with Crippen molar-refractivity contribution in [2.45, 2.75) is 0 Å². The van der Waals surface area contributed by atoms with Crippen molar-refractivity contribution in [3.05, 3.63) is 87.9 Å². The molecule has 3 amide bonds. The average molecular weight is 479 g/mol. The third kappa shape index (κ3) is 5.68. The summed E-state index contributed by atoms with van der Waals surface area (Å²) in [6.07, 6.45) is 0. The molecule has 0 aliphatic carbocycles. The van der Waals surface area contributed by atoms with Gasteiger partial charge in [0.15, 0.2) is 0 Å². The number of rotatable bonds is 5. The molecule has 0 aliphatic heterocycles. The molecule has 0 bridgehead atoms. The first-order valence-corrected chi connectivity index (χ1v) is 9.67. The zero-order valence-electron chi connectivity index (χ0n) is 15.8. The van der Waals surface area contributed by atoms with Crippen LogP contribution in [0.2, 0.25) is 0 Å². The van der Waals surface area contributed by atoms with Crippen LogP contribution in [-0.4, -0.2) is 23.0 Å². The van der Waals surface area contributed by atoms with Crippen LogP contribution in [0.1, 0.15) is 26.3 Å². The highest BCUT2D eigenvalue weighted by molar-refractivity contribution is 9.10. The molecule has 0 heterocycles. The predicted octanol–water partition coefficient (Wildman–Crippen LogP) is 4.92. The maximum absolute atomic E-state index is 12.5. The highest BCUT2D eigenvalue weighted by atomic mass is 79.9. The molecule has 0 saturated heterocycles. The molecular formula is C22H15BrN4O4. The number of nitriles is 1. The van der Waals surface area contributed by atoms with E-state index in [4.69, 9.17) is 5.26 Å². The summed E-state index contributed by atoms with van der Waals surface area (Å²) in [5.74, 6) is -1.66. The molecule has 31 heavy (non-hydrogen) atoms. The molecule has 0 radical (unpaired) electrons. The minimum atomic E-state index is -1.16. The van der Waals surface area contributed by atoms with Crippen LogP contribution in [0, 0.1) is 11.3 Å². The fourth-order valence-corrected chi connectivity index (χ4v) is 3.02. The van der Waals surface area contributed by atoms with Gasteiger partial charge >= 0.3 is 12.0 Å². The Morgan fingerprint density at radius 3 is 2.26 bits per heavy atom. The van der Waals surface area contributed by atoms with Crippen LogP contribution in [0.5, 0.6) is 0 Å². The van der Waals surface area contributed by atoms with Crippen molar-refractivity contribution in [1.82, 2.24) is 0 Å². The van der Waals surface area contributed by atoms with E-state index in [2.05, 4.69) is 31.9 Å². The Labute approximate surface area is 185 Å². The Hall–Kier alpha value is -4.16. The summed E-state index contributed by atoms with van der Waals surface area (Å²) in [7, 11) is 0. The van der Waals surface area contributed by atoms with Crippen molar-refractivity contribution in [3.63, 3.8) is 0 Å². The van der Waals surface area contributed by atoms with Gasteiger partial charge in [0, 0.05) is 21.4 Å². The molecule has 3 aromatic rings. The normalized spacial score (nSPS) is 9.94. The molecule has 0 aromatic heterocycles. The van der Waals surface area contributed by atoms with Crippen LogP contribution in [0.25, 0.3) is 0 Å². The number of urea groups is 1. The summed E-state index contributed by atoms with van der Waals surface area (Å²) < 4.78 is 0.580. The minimum Gasteiger partial charge on any atom is -0.478 e. The van der Waals surface area contributed by atoms with Crippen LogP contribution in [0.3, 0.4) is 0 Å². The standard InChI is InChI=1S/C22H15BrN4O4/c23-15-6-9-19(18(11-15)21(29)30)27-20(28)14-4-7-16(8-5-14)25-22(31)26-17-3-1-2-13(10-17)12-24/h1-11H,(H,27,28)(H,29,30)(H2,25,26,31). The number of halogens is 1. The number of carbonyl (C=O) groups excluding carboxylic acids is 2. The van der Waals surface area contributed by atoms with E-state index in [-0.39, 0.29) is 16.8 Å². The molecule has 154 valence electrons. The van der Waals surface area contributed by atoms with Crippen LogP contribution in [0.4, 0.5) is 21.9 Å². The van der Waals surface area contributed by atoms with Gasteiger partial charge in [-0.3, -0.25) is 4.79 Å². The molecule has 0 aliphatic rings. The Kier molecular flexibility index (Phi) is 6.64. The SMILES string of the molecule is N#Cc1cccc(NC(=O)Nc2ccc(C(=O)Nc3ccc(Br)cc3C(=O)O)cc2)c1. The fourth-order valence-electron chi connectivity index (χ4n) is 2.66. The second-order valence-corrected chi connectivity index (χ2v) is 7.21. The first-order chi connectivity index (χ1) is 14.9. The first-order valence-electron chi connectivity index (χ1n) is 8.88. The van der Waals surface area contributed by atoms with Gasteiger partial charge in [-0.25, -0.2) is 9.59 Å². The van der Waals surface area contributed by atoms with Crippen molar-refractivity contribution < 1.29 is 19.5 Å². The fraction of sp³-hybridized carbons (Fsp3) is 0. The Bertz CT molecular complexity index is 1200. The molecule has 3 aromatic carbocycles. The quantitative estimate of drug-likeness (QED) is 0.413. The van der Waals surface area contributed by atoms with Gasteiger partial charge in [-0.05, 0) is 60.7 Å². The van der Waals surface area contributed by atoms with Gasteiger partial charge in [-0.1, -0.05) is 22.0 Å². The molecule has 0 atom stereocenters. The van der Waals surface area contributed by atoms with Crippen molar-refractivity contribution in [1.29, 1.82) is 5.26 Å². The molecular weight excluding hydrogens is 464 g/mol. The Morgan fingerprint density at radius 2 is 1.58 bits per heavy atom. The van der Waals surface area contributed by atoms with E-state index < -0.39 is 17.9 Å². The summed E-state index contributed by atoms with van der Waals surface area (Å²) in [6.45, 7) is 0. The topological polar surface area (TPSA) is 131 Å². The number of aromatic carboxylic acids is 1. The Balaban J connectivity index is 1.64. The van der Waals surface area contributed by atoms with Gasteiger partial charge in [0.2, 0.25) is 0 Å². The number of benzene rings is 3. The average Bonchev–Trinajstić information content (AvgIpc) is 2.75. The molecule has 0 unspecified atom stereocenters. The molecule has 0 spiro atoms. The molecule has 4 N–H and O–H groups in total. The number of carboxylic acids is 1. The van der Waals surface area contributed by atoms with Crippen LogP contribution >= 0.6 is 15.9 Å². The number of carboxylic acid groups (broad SMARTS) is 1. The van der Waals surface area contributed by atoms with Crippen molar-refractivity contribution in [2.24, 2.45) is 0 Å². The largest absolute Gasteiger partial charge is 0.478 e. The van der Waals surface area contributed by atoms with Gasteiger partial charge in [-0.15, -0.1) is 0 Å². The summed E-state index contributed by atoms with van der Waals surface area (Å²) >= 11 is 3.20. The lowest BCUT2D eigenvalue weighted by Crippen LogP contribution is -2.19. The zero-order valence-corrected chi connectivity index (χ0v) is 17.4. The van der Waals surface area contributed by atoms with E-state index in [0.717, 1.165) is 0 Å². The highest BCUT2D eigenvalue weighted by Gasteiger charge is 2.14. The van der Waals surface area contributed by atoms with Gasteiger partial charge in [-0.2, -0.15) is 5.26 Å². The molecule has 8 nitrogen and oxygen atoms in total. The molecule has 0 fully saturated rings. The van der Waals surface area contributed by atoms with Gasteiger partial charge < -0.3 is 21.1 Å². The summed E-state index contributed by atoms with van der Waals surface area (Å²) in [5, 5.41) is 26.0. The van der Waals surface area contributed by atoms with Gasteiger partial charge in [0.1, 0.15) is 0 Å². The van der Waals surface area contributed by atoms with Gasteiger partial charge in [0.25, 0.3) is 5.91 Å². The molecule has 0 saturated carbocycles. The van der Waals surface area contributed by atoms with E-state index in [1.165, 1.54) is 24.3 Å². The number of hydrogen-bond donors (Lipinski definition) is 4. The van der Waals surface area contributed by atoms with Crippen LogP contribution < -0.4 is 16.0 Å². The summed E-state index contributed by atoms with van der Waals surface area (Å²) in [6, 6.07) is 18.6. The Morgan fingerprint density at radius 1 is 0.871 bits per heavy atom. The number of amides is 3. The zero-order chi connectivity index (χ0) is 22.4. The lowest BCUT2D eigenvalue weighted by atomic mass is 10.1. The molecule has 9 heteroatoms. The third-order valence-electron chi connectivity index (χ3n) is 4.11. The lowest BCUT2D eigenvalue weighted by Gasteiger charge is -2.10. The maximum atomic E-state index is 12.5. The number of hydrogen-bond acceptors (Lipinski definition) is 4. The van der Waals surface area contributed by atoms with E-state index >= 15 is 0 Å². The van der Waals surface area contributed by atoms with Crippen molar-refractivity contribution in [3.8, 4) is 6.07 Å². The smallest absolute Gasteiger partial charge is 0.337 e. The predicted molar refractivity (Wildman–Crippen MR) is 119 cm³/mol.